The number of hydrogen-bond donors (Lipinski definition) is 2. The lowest BCUT2D eigenvalue weighted by atomic mass is 9.79. The molecule has 0 amide bonds. The minimum absolute atomic E-state index is 0. The summed E-state index contributed by atoms with van der Waals surface area (Å²) in [6.45, 7) is 4.25. The first-order valence-electron chi connectivity index (χ1n) is 9.38. The van der Waals surface area contributed by atoms with Gasteiger partial charge in [0.05, 0.1) is 12.2 Å². The summed E-state index contributed by atoms with van der Waals surface area (Å²) in [5, 5.41) is 11.0. The van der Waals surface area contributed by atoms with Gasteiger partial charge in [-0.15, -0.1) is 24.0 Å². The van der Waals surface area contributed by atoms with Crippen LogP contribution >= 0.6 is 24.0 Å². The van der Waals surface area contributed by atoms with Crippen molar-refractivity contribution in [1.82, 2.24) is 20.4 Å². The lowest BCUT2D eigenvalue weighted by molar-refractivity contribution is 0.431. The number of nitrogens with one attached hydrogen (secondary N) is 2. The highest BCUT2D eigenvalue weighted by atomic mass is 127. The van der Waals surface area contributed by atoms with Gasteiger partial charge in [0.2, 0.25) is 0 Å². The first kappa shape index (κ1) is 21.7. The molecule has 1 aliphatic carbocycles. The molecule has 3 rings (SSSR count). The Balaban J connectivity index is 0.00000261. The van der Waals surface area contributed by atoms with Crippen molar-refractivity contribution in [1.29, 1.82) is 0 Å². The van der Waals surface area contributed by atoms with Crippen molar-refractivity contribution in [2.24, 2.45) is 12.0 Å². The monoisotopic (exact) mass is 485 g/mol. The quantitative estimate of drug-likeness (QED) is 0.373. The summed E-state index contributed by atoms with van der Waals surface area (Å²) in [6, 6.07) is 8.97. The smallest absolute Gasteiger partial charge is 0.191 e. The number of hydrogen-bond acceptors (Lipinski definition) is 2. The fourth-order valence-electron chi connectivity index (χ4n) is 3.73. The van der Waals surface area contributed by atoms with E-state index in [1.165, 1.54) is 18.4 Å². The van der Waals surface area contributed by atoms with Crippen LogP contribution in [0, 0.1) is 5.82 Å². The van der Waals surface area contributed by atoms with Crippen LogP contribution in [0.5, 0.6) is 0 Å². The number of aromatic nitrogens is 2. The van der Waals surface area contributed by atoms with Crippen LogP contribution in [0.25, 0.3) is 0 Å². The van der Waals surface area contributed by atoms with Gasteiger partial charge in [-0.3, -0.25) is 4.68 Å². The van der Waals surface area contributed by atoms with Crippen LogP contribution in [0.1, 0.15) is 43.9 Å². The van der Waals surface area contributed by atoms with Crippen molar-refractivity contribution in [2.45, 2.75) is 44.6 Å². The third-order valence-corrected chi connectivity index (χ3v) is 5.28. The molecule has 2 N–H and O–H groups in total. The lowest BCUT2D eigenvalue weighted by Crippen LogP contribution is -2.44. The molecule has 148 valence electrons. The second-order valence-electron chi connectivity index (χ2n) is 6.99. The largest absolute Gasteiger partial charge is 0.357 e. The van der Waals surface area contributed by atoms with Crippen LogP contribution in [0.2, 0.25) is 0 Å². The average molecular weight is 485 g/mol. The fourth-order valence-corrected chi connectivity index (χ4v) is 3.73. The molecule has 27 heavy (non-hydrogen) atoms. The molecule has 2 aromatic rings. The minimum Gasteiger partial charge on any atom is -0.357 e. The van der Waals surface area contributed by atoms with E-state index >= 15 is 0 Å². The summed E-state index contributed by atoms with van der Waals surface area (Å²) < 4.78 is 15.2. The predicted octanol–water partition coefficient (Wildman–Crippen LogP) is 3.74. The standard InChI is InChI=1S/C20H28FN5.HI/c1-3-22-19(23-14-18-10-13-25-26(18)2)24-15-20(11-4-5-12-20)16-6-8-17(21)9-7-16;/h6-10,13H,3-5,11-12,14-15H2,1-2H3,(H2,22,23,24);1H. The van der Waals surface area contributed by atoms with Crippen LogP contribution in [0.4, 0.5) is 4.39 Å². The Morgan fingerprint density at radius 1 is 1.19 bits per heavy atom. The van der Waals surface area contributed by atoms with E-state index in [1.807, 2.05) is 29.9 Å². The van der Waals surface area contributed by atoms with Gasteiger partial charge < -0.3 is 10.6 Å². The van der Waals surface area contributed by atoms with Gasteiger partial charge in [-0.2, -0.15) is 5.10 Å². The molecule has 1 heterocycles. The normalized spacial score (nSPS) is 16.0. The second kappa shape index (κ2) is 10.1. The van der Waals surface area contributed by atoms with Crippen molar-refractivity contribution >= 4 is 29.9 Å². The van der Waals surface area contributed by atoms with E-state index < -0.39 is 0 Å². The second-order valence-corrected chi connectivity index (χ2v) is 6.99. The van der Waals surface area contributed by atoms with Crippen LogP contribution < -0.4 is 10.6 Å². The SMILES string of the molecule is CCNC(=NCc1ccnn1C)NCC1(c2ccc(F)cc2)CCCC1.I. The Hall–Kier alpha value is -1.64. The van der Waals surface area contributed by atoms with Gasteiger partial charge in [-0.25, -0.2) is 9.38 Å². The molecular formula is C20H29FIN5. The van der Waals surface area contributed by atoms with Gasteiger partial charge in [0, 0.05) is 31.7 Å². The predicted molar refractivity (Wildman–Crippen MR) is 118 cm³/mol. The summed E-state index contributed by atoms with van der Waals surface area (Å²) in [5.74, 6) is 0.628. The van der Waals surface area contributed by atoms with E-state index in [2.05, 4.69) is 22.7 Å². The van der Waals surface area contributed by atoms with Gasteiger partial charge in [0.1, 0.15) is 5.82 Å². The Kier molecular flexibility index (Phi) is 8.07. The Morgan fingerprint density at radius 2 is 1.89 bits per heavy atom. The van der Waals surface area contributed by atoms with Crippen molar-refractivity contribution < 1.29 is 4.39 Å². The molecule has 1 fully saturated rings. The number of benzene rings is 1. The first-order chi connectivity index (χ1) is 12.6. The maximum atomic E-state index is 13.3. The number of rotatable bonds is 6. The zero-order chi connectivity index (χ0) is 18.4. The zero-order valence-electron chi connectivity index (χ0n) is 16.0. The van der Waals surface area contributed by atoms with Gasteiger partial charge in [-0.1, -0.05) is 25.0 Å². The van der Waals surface area contributed by atoms with E-state index in [1.54, 1.807) is 18.3 Å². The maximum absolute atomic E-state index is 13.3. The van der Waals surface area contributed by atoms with Gasteiger partial charge in [0.15, 0.2) is 5.96 Å². The summed E-state index contributed by atoms with van der Waals surface area (Å²) in [6.07, 6.45) is 6.44. The van der Waals surface area contributed by atoms with E-state index in [0.717, 1.165) is 37.6 Å². The van der Waals surface area contributed by atoms with Gasteiger partial charge in [-0.05, 0) is 43.5 Å². The van der Waals surface area contributed by atoms with Crippen molar-refractivity contribution in [3.63, 3.8) is 0 Å². The highest BCUT2D eigenvalue weighted by Gasteiger charge is 2.35. The Morgan fingerprint density at radius 3 is 2.48 bits per heavy atom. The van der Waals surface area contributed by atoms with Crippen molar-refractivity contribution in [2.75, 3.05) is 13.1 Å². The number of halogens is 2. The molecule has 0 saturated heterocycles. The number of guanidine groups is 1. The van der Waals surface area contributed by atoms with E-state index in [9.17, 15) is 4.39 Å². The summed E-state index contributed by atoms with van der Waals surface area (Å²) in [7, 11) is 1.92. The third kappa shape index (κ3) is 5.43. The van der Waals surface area contributed by atoms with E-state index in [-0.39, 0.29) is 35.2 Å². The molecule has 0 radical (unpaired) electrons. The van der Waals surface area contributed by atoms with Crippen LogP contribution in [0.15, 0.2) is 41.5 Å². The molecule has 0 aliphatic heterocycles. The van der Waals surface area contributed by atoms with Crippen molar-refractivity contribution in [3.8, 4) is 0 Å². The van der Waals surface area contributed by atoms with Crippen LogP contribution in [-0.4, -0.2) is 28.8 Å². The molecule has 7 heteroatoms. The minimum atomic E-state index is -0.180. The van der Waals surface area contributed by atoms with Crippen molar-refractivity contribution in [3.05, 3.63) is 53.6 Å². The molecule has 1 saturated carbocycles. The molecule has 0 unspecified atom stereocenters. The highest BCUT2D eigenvalue weighted by Crippen LogP contribution is 2.40. The summed E-state index contributed by atoms with van der Waals surface area (Å²) in [4.78, 5) is 4.69. The lowest BCUT2D eigenvalue weighted by Gasteiger charge is -2.31. The molecular weight excluding hydrogens is 456 g/mol. The topological polar surface area (TPSA) is 54.2 Å². The third-order valence-electron chi connectivity index (χ3n) is 5.28. The molecule has 1 aliphatic rings. The fraction of sp³-hybridized carbons (Fsp3) is 0.500. The van der Waals surface area contributed by atoms with E-state index in [0.29, 0.717) is 6.54 Å². The number of aliphatic imine (C=N–C) groups is 1. The first-order valence-corrected chi connectivity index (χ1v) is 9.38. The van der Waals surface area contributed by atoms with Gasteiger partial charge in [0.25, 0.3) is 0 Å². The Labute approximate surface area is 177 Å². The summed E-state index contributed by atoms with van der Waals surface area (Å²) >= 11 is 0. The molecule has 1 aromatic heterocycles. The number of nitrogens with zero attached hydrogens (tertiary/aromatic N) is 3. The maximum Gasteiger partial charge on any atom is 0.191 e. The van der Waals surface area contributed by atoms with Gasteiger partial charge >= 0.3 is 0 Å². The molecule has 0 atom stereocenters. The Bertz CT molecular complexity index is 735. The molecule has 0 bridgehead atoms. The summed E-state index contributed by atoms with van der Waals surface area (Å²) in [5.41, 5.74) is 2.33. The molecule has 0 spiro atoms. The zero-order valence-corrected chi connectivity index (χ0v) is 18.4. The van der Waals surface area contributed by atoms with Crippen LogP contribution in [-0.2, 0) is 19.0 Å². The average Bonchev–Trinajstić information content (AvgIpc) is 3.28. The molecule has 1 aromatic carbocycles. The van der Waals surface area contributed by atoms with Crippen LogP contribution in [0.3, 0.4) is 0 Å². The number of aryl methyl sites for hydroxylation is 1. The highest BCUT2D eigenvalue weighted by molar-refractivity contribution is 14.0. The van der Waals surface area contributed by atoms with E-state index in [4.69, 9.17) is 4.99 Å². The molecule has 5 nitrogen and oxygen atoms in total.